The highest BCUT2D eigenvalue weighted by Crippen LogP contribution is 2.23. The summed E-state index contributed by atoms with van der Waals surface area (Å²) >= 11 is 0. The molecule has 5 heteroatoms. The maximum atomic E-state index is 13.4. The molecule has 3 aromatic rings. The molecular formula is C18H16FNO3. The minimum absolute atomic E-state index is 0.0547. The number of benzene rings is 2. The summed E-state index contributed by atoms with van der Waals surface area (Å²) in [5.41, 5.74) is 0.770. The molecule has 0 bridgehead atoms. The Hall–Kier alpha value is -2.82. The summed E-state index contributed by atoms with van der Waals surface area (Å²) < 4.78 is 24.3. The van der Waals surface area contributed by atoms with Gasteiger partial charge in [0, 0.05) is 5.39 Å². The summed E-state index contributed by atoms with van der Waals surface area (Å²) in [5.74, 6) is -0.128. The molecule has 118 valence electrons. The van der Waals surface area contributed by atoms with Crippen molar-refractivity contribution in [2.45, 2.75) is 13.0 Å². The predicted molar refractivity (Wildman–Crippen MR) is 84.7 cm³/mol. The van der Waals surface area contributed by atoms with Gasteiger partial charge in [-0.05, 0) is 31.2 Å². The van der Waals surface area contributed by atoms with Crippen LogP contribution in [0.25, 0.3) is 11.0 Å². The maximum Gasteiger partial charge on any atom is 0.258 e. The van der Waals surface area contributed by atoms with E-state index in [4.69, 9.17) is 9.15 Å². The first-order chi connectivity index (χ1) is 11.1. The number of hydrogen-bond donors (Lipinski definition) is 1. The Morgan fingerprint density at radius 3 is 2.74 bits per heavy atom. The minimum atomic E-state index is -0.495. The van der Waals surface area contributed by atoms with E-state index in [1.165, 1.54) is 12.1 Å². The number of ether oxygens (including phenoxy) is 1. The van der Waals surface area contributed by atoms with Gasteiger partial charge in [0.1, 0.15) is 11.3 Å². The number of furan rings is 1. The van der Waals surface area contributed by atoms with E-state index in [0.717, 1.165) is 11.0 Å². The lowest BCUT2D eigenvalue weighted by Gasteiger charge is -2.12. The molecule has 23 heavy (non-hydrogen) atoms. The van der Waals surface area contributed by atoms with Crippen molar-refractivity contribution >= 4 is 16.9 Å². The second kappa shape index (κ2) is 6.52. The first-order valence-electron chi connectivity index (χ1n) is 7.28. The molecule has 1 unspecified atom stereocenters. The van der Waals surface area contributed by atoms with Crippen molar-refractivity contribution in [3.8, 4) is 5.75 Å². The third kappa shape index (κ3) is 3.51. The topological polar surface area (TPSA) is 51.5 Å². The van der Waals surface area contributed by atoms with E-state index in [1.54, 1.807) is 12.1 Å². The molecule has 2 aromatic carbocycles. The van der Waals surface area contributed by atoms with Crippen molar-refractivity contribution in [2.24, 2.45) is 0 Å². The van der Waals surface area contributed by atoms with Crippen LogP contribution in [0.15, 0.2) is 59.0 Å². The van der Waals surface area contributed by atoms with Crippen LogP contribution in [0, 0.1) is 5.82 Å². The van der Waals surface area contributed by atoms with Gasteiger partial charge in [0.15, 0.2) is 18.2 Å². The summed E-state index contributed by atoms with van der Waals surface area (Å²) in [6, 6.07) is 15.2. The van der Waals surface area contributed by atoms with Gasteiger partial charge in [-0.25, -0.2) is 4.39 Å². The number of fused-ring (bicyclic) bond motifs is 1. The normalized spacial score (nSPS) is 12.1. The zero-order valence-electron chi connectivity index (χ0n) is 12.6. The van der Waals surface area contributed by atoms with E-state index >= 15 is 0 Å². The number of rotatable bonds is 5. The number of para-hydroxylation sites is 2. The SMILES string of the molecule is CC(NC(=O)COc1ccccc1F)c1cc2ccccc2o1. The van der Waals surface area contributed by atoms with Gasteiger partial charge in [0.2, 0.25) is 0 Å². The van der Waals surface area contributed by atoms with Gasteiger partial charge in [-0.3, -0.25) is 4.79 Å². The van der Waals surface area contributed by atoms with Gasteiger partial charge in [0.25, 0.3) is 5.91 Å². The lowest BCUT2D eigenvalue weighted by atomic mass is 10.2. The van der Waals surface area contributed by atoms with E-state index in [2.05, 4.69) is 5.32 Å². The smallest absolute Gasteiger partial charge is 0.258 e. The standard InChI is InChI=1S/C18H16FNO3/c1-12(17-10-13-6-2-4-8-15(13)23-17)20-18(21)11-22-16-9-5-3-7-14(16)19/h2-10,12H,11H2,1H3,(H,20,21). The van der Waals surface area contributed by atoms with Crippen LogP contribution < -0.4 is 10.1 Å². The highest BCUT2D eigenvalue weighted by molar-refractivity contribution is 5.79. The Balaban J connectivity index is 1.60. The van der Waals surface area contributed by atoms with Crippen LogP contribution in [-0.2, 0) is 4.79 Å². The molecule has 0 radical (unpaired) electrons. The molecule has 1 aromatic heterocycles. The van der Waals surface area contributed by atoms with Gasteiger partial charge >= 0.3 is 0 Å². The molecule has 0 saturated heterocycles. The summed E-state index contributed by atoms with van der Waals surface area (Å²) in [6.45, 7) is 1.56. The van der Waals surface area contributed by atoms with E-state index < -0.39 is 5.82 Å². The Labute approximate surface area is 132 Å². The number of nitrogens with one attached hydrogen (secondary N) is 1. The fraction of sp³-hybridized carbons (Fsp3) is 0.167. The average molecular weight is 313 g/mol. The second-order valence-electron chi connectivity index (χ2n) is 5.19. The van der Waals surface area contributed by atoms with Gasteiger partial charge in [-0.1, -0.05) is 30.3 Å². The van der Waals surface area contributed by atoms with Gasteiger partial charge in [0.05, 0.1) is 6.04 Å². The Kier molecular flexibility index (Phi) is 4.28. The second-order valence-corrected chi connectivity index (χ2v) is 5.19. The van der Waals surface area contributed by atoms with E-state index in [0.29, 0.717) is 5.76 Å². The predicted octanol–water partition coefficient (Wildman–Crippen LogP) is 3.83. The quantitative estimate of drug-likeness (QED) is 0.779. The summed E-state index contributed by atoms with van der Waals surface area (Å²) in [4.78, 5) is 11.9. The lowest BCUT2D eigenvalue weighted by molar-refractivity contribution is -0.123. The van der Waals surface area contributed by atoms with Gasteiger partial charge < -0.3 is 14.5 Å². The Morgan fingerprint density at radius 2 is 1.96 bits per heavy atom. The Bertz CT molecular complexity index is 795. The van der Waals surface area contributed by atoms with Crippen molar-refractivity contribution < 1.29 is 18.3 Å². The molecule has 0 aliphatic carbocycles. The van der Waals surface area contributed by atoms with Crippen LogP contribution in [0.4, 0.5) is 4.39 Å². The zero-order valence-corrected chi connectivity index (χ0v) is 12.6. The average Bonchev–Trinajstić information content (AvgIpc) is 2.98. The number of halogens is 1. The van der Waals surface area contributed by atoms with Crippen LogP contribution in [-0.4, -0.2) is 12.5 Å². The van der Waals surface area contributed by atoms with Crippen molar-refractivity contribution in [2.75, 3.05) is 6.61 Å². The molecule has 1 atom stereocenters. The largest absolute Gasteiger partial charge is 0.481 e. The van der Waals surface area contributed by atoms with Crippen molar-refractivity contribution in [1.82, 2.24) is 5.32 Å². The number of hydrogen-bond acceptors (Lipinski definition) is 3. The van der Waals surface area contributed by atoms with Crippen LogP contribution in [0.5, 0.6) is 5.75 Å². The highest BCUT2D eigenvalue weighted by Gasteiger charge is 2.15. The summed E-state index contributed by atoms with van der Waals surface area (Å²) in [6.07, 6.45) is 0. The molecule has 1 heterocycles. The van der Waals surface area contributed by atoms with Crippen LogP contribution >= 0.6 is 0 Å². The zero-order chi connectivity index (χ0) is 16.2. The monoisotopic (exact) mass is 313 g/mol. The minimum Gasteiger partial charge on any atom is -0.481 e. The molecule has 0 saturated carbocycles. The maximum absolute atomic E-state index is 13.4. The molecular weight excluding hydrogens is 297 g/mol. The number of amides is 1. The van der Waals surface area contributed by atoms with E-state index in [-0.39, 0.29) is 24.3 Å². The number of carbonyl (C=O) groups excluding carboxylic acids is 1. The molecule has 0 aliphatic rings. The van der Waals surface area contributed by atoms with Gasteiger partial charge in [-0.15, -0.1) is 0 Å². The van der Waals surface area contributed by atoms with E-state index in [1.807, 2.05) is 37.3 Å². The van der Waals surface area contributed by atoms with Crippen molar-refractivity contribution in [1.29, 1.82) is 0 Å². The third-order valence-corrected chi connectivity index (χ3v) is 3.44. The fourth-order valence-corrected chi connectivity index (χ4v) is 2.28. The molecule has 4 nitrogen and oxygen atoms in total. The molecule has 1 N–H and O–H groups in total. The third-order valence-electron chi connectivity index (χ3n) is 3.44. The molecule has 3 rings (SSSR count). The van der Waals surface area contributed by atoms with E-state index in [9.17, 15) is 9.18 Å². The molecule has 0 aliphatic heterocycles. The first-order valence-corrected chi connectivity index (χ1v) is 7.28. The Morgan fingerprint density at radius 1 is 1.22 bits per heavy atom. The molecule has 1 amide bonds. The van der Waals surface area contributed by atoms with Crippen molar-refractivity contribution in [3.05, 3.63) is 66.2 Å². The van der Waals surface area contributed by atoms with Crippen LogP contribution in [0.1, 0.15) is 18.7 Å². The van der Waals surface area contributed by atoms with Crippen LogP contribution in [0.2, 0.25) is 0 Å². The highest BCUT2D eigenvalue weighted by atomic mass is 19.1. The van der Waals surface area contributed by atoms with Crippen molar-refractivity contribution in [3.63, 3.8) is 0 Å². The lowest BCUT2D eigenvalue weighted by Crippen LogP contribution is -2.31. The fourth-order valence-electron chi connectivity index (χ4n) is 2.28. The molecule has 0 fully saturated rings. The first kappa shape index (κ1) is 15.1. The summed E-state index contributed by atoms with van der Waals surface area (Å²) in [7, 11) is 0. The summed E-state index contributed by atoms with van der Waals surface area (Å²) in [5, 5.41) is 3.74. The molecule has 0 spiro atoms. The van der Waals surface area contributed by atoms with Gasteiger partial charge in [-0.2, -0.15) is 0 Å². The van der Waals surface area contributed by atoms with Crippen LogP contribution in [0.3, 0.4) is 0 Å². The number of carbonyl (C=O) groups is 1.